The van der Waals surface area contributed by atoms with Crippen molar-refractivity contribution in [3.63, 3.8) is 0 Å². The molecule has 0 fully saturated rings. The molecular formula is C60H59GeIrN3O-2. The van der Waals surface area contributed by atoms with Crippen LogP contribution in [-0.2, 0) is 26.5 Å². The standard InChI is InChI=1S/C41H33N2O.C19H26GeN.Ir/c1-25(2)31-15-10-16-32(26(3)4)39(31)43-40-33-14-9-8-13-28(33)17-20-36(40)42-41(43)30-19-22-38-35(24-30)34-23-29(18-21-37(34)44-38)27-11-6-5-7-12-27;1-19(2,3)13-16-12-18(15-10-8-7-9-11-15)21-14-17(16)20(4,5)6;/h5-18,20-26H,1-4H3;7-10,12,14H,13H2,1-6H3;/q2*-1;/i;13D2;. The maximum Gasteiger partial charge on any atom is 0 e. The van der Waals surface area contributed by atoms with Gasteiger partial charge < -0.3 is 8.98 Å². The molecule has 0 atom stereocenters. The molecule has 7 aromatic carbocycles. The van der Waals surface area contributed by atoms with Gasteiger partial charge in [0, 0.05) is 36.6 Å². The van der Waals surface area contributed by atoms with Crippen molar-refractivity contribution in [1.29, 1.82) is 0 Å². The molecule has 0 aliphatic rings. The molecule has 335 valence electrons. The summed E-state index contributed by atoms with van der Waals surface area (Å²) in [7, 11) is 0. The van der Waals surface area contributed by atoms with Gasteiger partial charge in [0.05, 0.1) is 22.4 Å². The van der Waals surface area contributed by atoms with E-state index in [0.717, 1.165) is 65.6 Å². The number of benzene rings is 7. The third-order valence-corrected chi connectivity index (χ3v) is 16.3. The molecule has 0 saturated carbocycles. The number of imidazole rings is 1. The first-order valence-corrected chi connectivity index (χ1v) is 30.2. The number of hydrogen-bond donors (Lipinski definition) is 0. The molecule has 10 rings (SSSR count). The predicted octanol–water partition coefficient (Wildman–Crippen LogP) is 16.1. The second-order valence-electron chi connectivity index (χ2n) is 19.8. The van der Waals surface area contributed by atoms with Crippen LogP contribution in [0.4, 0.5) is 0 Å². The van der Waals surface area contributed by atoms with Crippen LogP contribution in [0.3, 0.4) is 0 Å². The van der Waals surface area contributed by atoms with Crippen molar-refractivity contribution in [1.82, 2.24) is 14.5 Å². The summed E-state index contributed by atoms with van der Waals surface area (Å²) in [6.45, 7) is 15.0. The van der Waals surface area contributed by atoms with Gasteiger partial charge in [-0.05, 0) is 57.7 Å². The van der Waals surface area contributed by atoms with Crippen molar-refractivity contribution in [2.45, 2.75) is 83.9 Å². The van der Waals surface area contributed by atoms with Gasteiger partial charge in [-0.1, -0.05) is 118 Å². The number of hydrogen-bond acceptors (Lipinski definition) is 3. The number of pyridine rings is 1. The van der Waals surface area contributed by atoms with Gasteiger partial charge in [0.2, 0.25) is 0 Å². The summed E-state index contributed by atoms with van der Waals surface area (Å²) in [4.78, 5) is 9.97. The Kier molecular flexibility index (Phi) is 12.7. The van der Waals surface area contributed by atoms with Gasteiger partial charge in [0.15, 0.2) is 0 Å². The molecule has 0 bridgehead atoms. The summed E-state index contributed by atoms with van der Waals surface area (Å²) in [5, 5.41) is 4.56. The molecule has 0 unspecified atom stereocenters. The molecule has 0 N–H and O–H groups in total. The molecule has 4 nitrogen and oxygen atoms in total. The van der Waals surface area contributed by atoms with E-state index >= 15 is 0 Å². The van der Waals surface area contributed by atoms with Gasteiger partial charge in [-0.2, -0.15) is 0 Å². The summed E-state index contributed by atoms with van der Waals surface area (Å²) in [6.07, 6.45) is 0.502. The Hall–Kier alpha value is -5.59. The number of fused-ring (bicyclic) bond motifs is 6. The Bertz CT molecular complexity index is 3390. The van der Waals surface area contributed by atoms with Crippen molar-refractivity contribution in [3.05, 3.63) is 181 Å². The summed E-state index contributed by atoms with van der Waals surface area (Å²) >= 11 is -2.24. The largest absolute Gasteiger partial charge is 0 e. The van der Waals surface area contributed by atoms with Crippen LogP contribution in [0.5, 0.6) is 0 Å². The van der Waals surface area contributed by atoms with Gasteiger partial charge in [0.25, 0.3) is 0 Å². The van der Waals surface area contributed by atoms with Crippen molar-refractivity contribution in [3.8, 4) is 39.5 Å². The third-order valence-electron chi connectivity index (χ3n) is 12.1. The number of nitrogens with zero attached hydrogens (tertiary/aromatic N) is 3. The molecule has 6 heteroatoms. The summed E-state index contributed by atoms with van der Waals surface area (Å²) in [5.74, 6) is 8.42. The molecule has 3 aromatic heterocycles. The predicted molar refractivity (Wildman–Crippen MR) is 278 cm³/mol. The minimum Gasteiger partial charge on any atom is 0 e. The van der Waals surface area contributed by atoms with Gasteiger partial charge in [0.1, 0.15) is 5.58 Å². The molecule has 0 spiro atoms. The first kappa shape index (κ1) is 44.3. The van der Waals surface area contributed by atoms with Gasteiger partial charge in [-0.25, -0.2) is 0 Å². The summed E-state index contributed by atoms with van der Waals surface area (Å²) < 4.78 is 27.4. The second-order valence-corrected chi connectivity index (χ2v) is 30.4. The van der Waals surface area contributed by atoms with Crippen LogP contribution in [0.25, 0.3) is 83.2 Å². The van der Waals surface area contributed by atoms with E-state index in [1.165, 1.54) is 38.7 Å². The van der Waals surface area contributed by atoms with E-state index in [0.29, 0.717) is 11.8 Å². The zero-order valence-corrected chi connectivity index (χ0v) is 44.2. The Labute approximate surface area is 410 Å². The van der Waals surface area contributed by atoms with Crippen LogP contribution in [0.15, 0.2) is 156 Å². The van der Waals surface area contributed by atoms with Crippen LogP contribution in [0.1, 0.15) is 79.7 Å². The van der Waals surface area contributed by atoms with E-state index in [1.807, 2.05) is 63.4 Å². The zero-order valence-electron chi connectivity index (χ0n) is 41.7. The van der Waals surface area contributed by atoms with Gasteiger partial charge in [-0.15, -0.1) is 23.8 Å². The molecule has 3 heterocycles. The fourth-order valence-electron chi connectivity index (χ4n) is 8.93. The molecule has 0 aliphatic carbocycles. The molecule has 10 aromatic rings. The van der Waals surface area contributed by atoms with Crippen LogP contribution < -0.4 is 4.40 Å². The topological polar surface area (TPSA) is 43.9 Å². The molecule has 66 heavy (non-hydrogen) atoms. The maximum absolute atomic E-state index is 8.76. The zero-order chi connectivity index (χ0) is 47.4. The first-order chi connectivity index (χ1) is 31.9. The summed E-state index contributed by atoms with van der Waals surface area (Å²) in [6, 6.07) is 57.3. The smallest absolute Gasteiger partial charge is 0 e. The number of aromatic nitrogens is 3. The van der Waals surface area contributed by atoms with Crippen LogP contribution in [0, 0.1) is 17.5 Å². The van der Waals surface area contributed by atoms with Crippen molar-refractivity contribution < 1.29 is 27.3 Å². The van der Waals surface area contributed by atoms with E-state index in [1.54, 1.807) is 0 Å². The minimum atomic E-state index is -2.24. The average Bonchev–Trinajstić information content (AvgIpc) is 3.89. The Balaban J connectivity index is 0.000000222. The number of para-hydroxylation sites is 1. The van der Waals surface area contributed by atoms with E-state index in [-0.39, 0.29) is 20.1 Å². The first-order valence-electron chi connectivity index (χ1n) is 23.9. The van der Waals surface area contributed by atoms with Crippen LogP contribution in [-0.4, -0.2) is 27.8 Å². The Morgan fingerprint density at radius 3 is 2.06 bits per heavy atom. The molecule has 0 aliphatic heterocycles. The van der Waals surface area contributed by atoms with E-state index < -0.39 is 25.1 Å². The van der Waals surface area contributed by atoms with E-state index in [9.17, 15) is 0 Å². The molecular weight excluding hydrogens is 1040 g/mol. The van der Waals surface area contributed by atoms with Gasteiger partial charge in [-0.3, -0.25) is 4.98 Å². The van der Waals surface area contributed by atoms with Crippen molar-refractivity contribution >= 4 is 61.4 Å². The number of rotatable bonds is 8. The summed E-state index contributed by atoms with van der Waals surface area (Å²) in [5.41, 5.74) is 13.0. The van der Waals surface area contributed by atoms with Crippen LogP contribution >= 0.6 is 0 Å². The Morgan fingerprint density at radius 1 is 0.682 bits per heavy atom. The van der Waals surface area contributed by atoms with Crippen molar-refractivity contribution in [2.24, 2.45) is 5.41 Å². The normalized spacial score (nSPS) is 12.7. The second kappa shape index (κ2) is 19.0. The fourth-order valence-corrected chi connectivity index (χ4v) is 11.9. The SMILES string of the molecule is CC(C)c1cccc(C(C)C)c1-n1c(-c2[c-]cc3oc4ccc(-c5ccccc5)cc4c3c2)nc2ccc3ccccc3c21.[2H]C([2H])(c1cc(-c2[c-]cccc2)nc[c]1[Ge]([CH3])([CH3])[CH3])C(C)(C)C.[Ir]. The van der Waals surface area contributed by atoms with Crippen molar-refractivity contribution in [2.75, 3.05) is 0 Å². The van der Waals surface area contributed by atoms with Gasteiger partial charge >= 0.3 is 135 Å². The fraction of sp³-hybridized carbons (Fsp3) is 0.233. The monoisotopic (exact) mass is 1110 g/mol. The minimum absolute atomic E-state index is 0. The molecule has 1 radical (unpaired) electrons. The molecule has 0 saturated heterocycles. The quantitative estimate of drug-likeness (QED) is 0.112. The van der Waals surface area contributed by atoms with E-state index in [4.69, 9.17) is 12.1 Å². The molecule has 0 amide bonds. The van der Waals surface area contributed by atoms with Crippen LogP contribution in [0.2, 0.25) is 17.3 Å². The van der Waals surface area contributed by atoms with E-state index in [2.05, 4.69) is 176 Å². The Morgan fingerprint density at radius 2 is 1.38 bits per heavy atom. The maximum atomic E-state index is 8.76. The average molecular weight is 1100 g/mol. The number of furan rings is 1. The third kappa shape index (κ3) is 9.49.